The molecule has 3 heteroatoms. The maximum Gasteiger partial charge on any atom is 0.0537 e. The predicted octanol–water partition coefficient (Wildman–Crippen LogP) is 3.13. The third-order valence-electron chi connectivity index (χ3n) is 4.66. The summed E-state index contributed by atoms with van der Waals surface area (Å²) in [7, 11) is 0. The van der Waals surface area contributed by atoms with Gasteiger partial charge in [0.15, 0.2) is 0 Å². The Morgan fingerprint density at radius 1 is 1.39 bits per heavy atom. The highest BCUT2D eigenvalue weighted by Crippen LogP contribution is 2.50. The van der Waals surface area contributed by atoms with Crippen molar-refractivity contribution in [3.8, 4) is 0 Å². The lowest BCUT2D eigenvalue weighted by molar-refractivity contribution is 0.0360. The maximum absolute atomic E-state index is 4.51. The topological polar surface area (TPSA) is 29.9 Å². The summed E-state index contributed by atoms with van der Waals surface area (Å²) in [5.41, 5.74) is 1.97. The van der Waals surface area contributed by atoms with E-state index in [0.717, 1.165) is 6.54 Å². The first-order chi connectivity index (χ1) is 8.70. The molecule has 1 aromatic heterocycles. The molecule has 3 nitrogen and oxygen atoms in total. The average molecular weight is 247 g/mol. The van der Waals surface area contributed by atoms with E-state index in [1.165, 1.54) is 44.2 Å². The fourth-order valence-corrected chi connectivity index (χ4v) is 3.69. The van der Waals surface area contributed by atoms with Gasteiger partial charge in [-0.25, -0.2) is 0 Å². The van der Waals surface area contributed by atoms with Crippen LogP contribution in [0.2, 0.25) is 0 Å². The quantitative estimate of drug-likeness (QED) is 0.889. The Labute approximate surface area is 110 Å². The van der Waals surface area contributed by atoms with Gasteiger partial charge in [-0.2, -0.15) is 5.10 Å². The molecule has 0 unspecified atom stereocenters. The van der Waals surface area contributed by atoms with Crippen LogP contribution in [-0.2, 0) is 6.54 Å². The number of nitrogens with zero attached hydrogens (tertiary/aromatic N) is 2. The summed E-state index contributed by atoms with van der Waals surface area (Å²) in [5.74, 6) is 0.663. The number of nitrogens with one attached hydrogen (secondary N) is 1. The lowest BCUT2D eigenvalue weighted by Crippen LogP contribution is -2.56. The zero-order chi connectivity index (χ0) is 12.6. The molecule has 2 fully saturated rings. The average Bonchev–Trinajstić information content (AvgIpc) is 2.76. The minimum atomic E-state index is 0.559. The molecule has 1 saturated heterocycles. The van der Waals surface area contributed by atoms with E-state index in [4.69, 9.17) is 0 Å². The van der Waals surface area contributed by atoms with Crippen LogP contribution < -0.4 is 5.32 Å². The van der Waals surface area contributed by atoms with Crippen LogP contribution in [-0.4, -0.2) is 16.3 Å². The van der Waals surface area contributed by atoms with E-state index in [1.807, 2.05) is 0 Å². The first kappa shape index (κ1) is 12.2. The molecule has 1 aliphatic heterocycles. The maximum atomic E-state index is 4.51. The van der Waals surface area contributed by atoms with Crippen molar-refractivity contribution in [1.82, 2.24) is 15.1 Å². The van der Waals surface area contributed by atoms with Crippen molar-refractivity contribution in [2.45, 2.75) is 58.5 Å². The summed E-state index contributed by atoms with van der Waals surface area (Å²) in [6, 6.07) is 0.568. The summed E-state index contributed by atoms with van der Waals surface area (Å²) >= 11 is 0. The summed E-state index contributed by atoms with van der Waals surface area (Å²) < 4.78 is 2.11. The van der Waals surface area contributed by atoms with Crippen LogP contribution in [0.25, 0.3) is 0 Å². The van der Waals surface area contributed by atoms with Crippen LogP contribution in [0, 0.1) is 11.3 Å². The van der Waals surface area contributed by atoms with Gasteiger partial charge in [0.1, 0.15) is 0 Å². The van der Waals surface area contributed by atoms with E-state index in [-0.39, 0.29) is 0 Å². The van der Waals surface area contributed by atoms with Gasteiger partial charge in [-0.05, 0) is 18.8 Å². The lowest BCUT2D eigenvalue weighted by atomic mass is 9.63. The Hall–Kier alpha value is -0.830. The smallest absolute Gasteiger partial charge is 0.0537 e. The minimum absolute atomic E-state index is 0.559. The SMILES string of the molecule is CC(C)Cn1cc([C@@H]2NCC23CCCCC3)cn1. The van der Waals surface area contributed by atoms with Gasteiger partial charge in [-0.3, -0.25) is 4.68 Å². The predicted molar refractivity (Wildman–Crippen MR) is 73.3 cm³/mol. The molecule has 0 bridgehead atoms. The molecule has 1 aromatic rings. The molecule has 0 amide bonds. The molecule has 18 heavy (non-hydrogen) atoms. The van der Waals surface area contributed by atoms with Crippen LogP contribution in [0.15, 0.2) is 12.4 Å². The molecule has 1 N–H and O–H groups in total. The van der Waals surface area contributed by atoms with E-state index in [2.05, 4.69) is 41.3 Å². The molecule has 1 aliphatic carbocycles. The summed E-state index contributed by atoms with van der Waals surface area (Å²) in [4.78, 5) is 0. The lowest BCUT2D eigenvalue weighted by Gasteiger charge is -2.52. The van der Waals surface area contributed by atoms with Gasteiger partial charge in [-0.15, -0.1) is 0 Å². The second-order valence-electron chi connectivity index (χ2n) is 6.63. The highest BCUT2D eigenvalue weighted by Gasteiger charge is 2.47. The van der Waals surface area contributed by atoms with Crippen molar-refractivity contribution in [2.24, 2.45) is 11.3 Å². The summed E-state index contributed by atoms with van der Waals surface area (Å²) in [6.45, 7) is 6.73. The van der Waals surface area contributed by atoms with Crippen molar-refractivity contribution < 1.29 is 0 Å². The number of hydrogen-bond acceptors (Lipinski definition) is 2. The van der Waals surface area contributed by atoms with E-state index >= 15 is 0 Å². The van der Waals surface area contributed by atoms with Gasteiger partial charge in [0.25, 0.3) is 0 Å². The minimum Gasteiger partial charge on any atom is -0.309 e. The van der Waals surface area contributed by atoms with Crippen molar-refractivity contribution in [2.75, 3.05) is 6.54 Å². The van der Waals surface area contributed by atoms with Crippen LogP contribution in [0.1, 0.15) is 57.6 Å². The molecular weight excluding hydrogens is 222 g/mol. The van der Waals surface area contributed by atoms with Gasteiger partial charge >= 0.3 is 0 Å². The molecule has 3 rings (SSSR count). The Kier molecular flexibility index (Phi) is 3.18. The molecule has 100 valence electrons. The monoisotopic (exact) mass is 247 g/mol. The van der Waals surface area contributed by atoms with Crippen molar-refractivity contribution >= 4 is 0 Å². The Balaban J connectivity index is 1.72. The second-order valence-corrected chi connectivity index (χ2v) is 6.63. The standard InChI is InChI=1S/C15H25N3/c1-12(2)9-18-10-13(8-17-18)14-15(11-16-14)6-4-3-5-7-15/h8,10,12,14,16H,3-7,9,11H2,1-2H3/t14-/m0/s1. The van der Waals surface area contributed by atoms with Gasteiger partial charge in [0, 0.05) is 36.3 Å². The van der Waals surface area contributed by atoms with Gasteiger partial charge in [0.05, 0.1) is 6.20 Å². The van der Waals surface area contributed by atoms with Crippen LogP contribution >= 0.6 is 0 Å². The summed E-state index contributed by atoms with van der Waals surface area (Å²) in [6.07, 6.45) is 11.4. The van der Waals surface area contributed by atoms with Gasteiger partial charge < -0.3 is 5.32 Å². The Bertz CT molecular complexity index is 402. The first-order valence-electron chi connectivity index (χ1n) is 7.45. The van der Waals surface area contributed by atoms with E-state index < -0.39 is 0 Å². The summed E-state index contributed by atoms with van der Waals surface area (Å²) in [5, 5.41) is 8.15. The van der Waals surface area contributed by atoms with Gasteiger partial charge in [0.2, 0.25) is 0 Å². The van der Waals surface area contributed by atoms with Crippen LogP contribution in [0.3, 0.4) is 0 Å². The third-order valence-corrected chi connectivity index (χ3v) is 4.66. The van der Waals surface area contributed by atoms with Crippen LogP contribution in [0.5, 0.6) is 0 Å². The fourth-order valence-electron chi connectivity index (χ4n) is 3.69. The van der Waals surface area contributed by atoms with Crippen molar-refractivity contribution in [1.29, 1.82) is 0 Å². The van der Waals surface area contributed by atoms with Crippen molar-refractivity contribution in [3.05, 3.63) is 18.0 Å². The molecule has 0 aromatic carbocycles. The number of aromatic nitrogens is 2. The highest BCUT2D eigenvalue weighted by atomic mass is 15.3. The van der Waals surface area contributed by atoms with Crippen molar-refractivity contribution in [3.63, 3.8) is 0 Å². The molecule has 2 heterocycles. The Morgan fingerprint density at radius 2 is 2.17 bits per heavy atom. The molecular formula is C15H25N3. The van der Waals surface area contributed by atoms with Gasteiger partial charge in [-0.1, -0.05) is 33.1 Å². The van der Waals surface area contributed by atoms with E-state index in [9.17, 15) is 0 Å². The van der Waals surface area contributed by atoms with E-state index in [1.54, 1.807) is 0 Å². The normalized spacial score (nSPS) is 26.5. The Morgan fingerprint density at radius 3 is 2.78 bits per heavy atom. The highest BCUT2D eigenvalue weighted by molar-refractivity contribution is 5.20. The molecule has 2 aliphatic rings. The fraction of sp³-hybridized carbons (Fsp3) is 0.800. The zero-order valence-corrected chi connectivity index (χ0v) is 11.7. The number of hydrogen-bond donors (Lipinski definition) is 1. The first-order valence-corrected chi connectivity index (χ1v) is 7.45. The zero-order valence-electron chi connectivity index (χ0n) is 11.7. The molecule has 1 atom stereocenters. The largest absolute Gasteiger partial charge is 0.309 e. The van der Waals surface area contributed by atoms with Crippen LogP contribution in [0.4, 0.5) is 0 Å². The molecule has 0 radical (unpaired) electrons. The third kappa shape index (κ3) is 2.09. The molecule has 1 spiro atoms. The number of rotatable bonds is 3. The molecule has 1 saturated carbocycles. The second kappa shape index (κ2) is 4.69. The van der Waals surface area contributed by atoms with E-state index in [0.29, 0.717) is 17.4 Å².